The van der Waals surface area contributed by atoms with Gasteiger partial charge in [0.2, 0.25) is 0 Å². The Bertz CT molecular complexity index is 1340. The van der Waals surface area contributed by atoms with Crippen molar-refractivity contribution in [1.29, 1.82) is 0 Å². The van der Waals surface area contributed by atoms with Crippen molar-refractivity contribution in [1.82, 2.24) is 24.6 Å². The molecule has 0 saturated heterocycles. The van der Waals surface area contributed by atoms with Gasteiger partial charge in [0.1, 0.15) is 11.6 Å². The fourth-order valence-electron chi connectivity index (χ4n) is 4.18. The molecule has 0 radical (unpaired) electrons. The van der Waals surface area contributed by atoms with Gasteiger partial charge in [0.05, 0.1) is 30.3 Å². The second-order valence-electron chi connectivity index (χ2n) is 8.17. The SMILES string of the molecule is COc1ccc(-n2ncc(CN3CCc4nc(-c5ccc(Cl)cc5)[nH]c(=O)c4C3)c2C)cc1. The Morgan fingerprint density at radius 1 is 1.12 bits per heavy atom. The number of benzene rings is 2. The van der Waals surface area contributed by atoms with E-state index in [-0.39, 0.29) is 5.56 Å². The summed E-state index contributed by atoms with van der Waals surface area (Å²) in [5.74, 6) is 1.40. The lowest BCUT2D eigenvalue weighted by molar-refractivity contribution is 0.241. The van der Waals surface area contributed by atoms with Crippen molar-refractivity contribution in [3.8, 4) is 22.8 Å². The van der Waals surface area contributed by atoms with Crippen LogP contribution in [0.2, 0.25) is 5.02 Å². The zero-order valence-corrected chi connectivity index (χ0v) is 19.3. The lowest BCUT2D eigenvalue weighted by atomic mass is 10.1. The first-order valence-electron chi connectivity index (χ1n) is 10.8. The van der Waals surface area contributed by atoms with E-state index in [1.54, 1.807) is 19.2 Å². The number of nitrogens with one attached hydrogen (secondary N) is 1. The topological polar surface area (TPSA) is 76.0 Å². The molecule has 33 heavy (non-hydrogen) atoms. The Hall–Kier alpha value is -3.42. The lowest BCUT2D eigenvalue weighted by Crippen LogP contribution is -2.35. The average Bonchev–Trinajstić information content (AvgIpc) is 3.19. The third-order valence-corrected chi connectivity index (χ3v) is 6.34. The number of H-pyrrole nitrogens is 1. The molecule has 3 heterocycles. The van der Waals surface area contributed by atoms with Crippen LogP contribution in [0.1, 0.15) is 22.5 Å². The molecule has 2 aromatic carbocycles. The molecule has 0 saturated carbocycles. The molecule has 0 fully saturated rings. The number of ether oxygens (including phenoxy) is 1. The zero-order chi connectivity index (χ0) is 22.9. The molecule has 0 bridgehead atoms. The average molecular weight is 462 g/mol. The van der Waals surface area contributed by atoms with Crippen molar-refractivity contribution >= 4 is 11.6 Å². The summed E-state index contributed by atoms with van der Waals surface area (Å²) in [6.07, 6.45) is 2.63. The molecule has 0 aliphatic carbocycles. The number of rotatable bonds is 5. The molecule has 1 aliphatic rings. The highest BCUT2D eigenvalue weighted by Gasteiger charge is 2.23. The summed E-state index contributed by atoms with van der Waals surface area (Å²) >= 11 is 5.98. The van der Waals surface area contributed by atoms with E-state index in [0.717, 1.165) is 59.0 Å². The third kappa shape index (κ3) is 4.29. The van der Waals surface area contributed by atoms with Crippen molar-refractivity contribution in [2.24, 2.45) is 0 Å². The highest BCUT2D eigenvalue weighted by Crippen LogP contribution is 2.23. The number of methoxy groups -OCH3 is 1. The molecule has 7 nitrogen and oxygen atoms in total. The van der Waals surface area contributed by atoms with E-state index >= 15 is 0 Å². The van der Waals surface area contributed by atoms with E-state index in [1.807, 2.05) is 47.3 Å². The maximum absolute atomic E-state index is 12.9. The number of aromatic amines is 1. The van der Waals surface area contributed by atoms with E-state index in [2.05, 4.69) is 21.9 Å². The minimum atomic E-state index is -0.0831. The van der Waals surface area contributed by atoms with Gasteiger partial charge in [-0.3, -0.25) is 9.69 Å². The van der Waals surface area contributed by atoms with Crippen molar-refractivity contribution < 1.29 is 4.74 Å². The second kappa shape index (κ2) is 8.84. The largest absolute Gasteiger partial charge is 0.497 e. The zero-order valence-electron chi connectivity index (χ0n) is 18.5. The van der Waals surface area contributed by atoms with Crippen LogP contribution in [0.4, 0.5) is 0 Å². The minimum Gasteiger partial charge on any atom is -0.497 e. The molecule has 5 rings (SSSR count). The first kappa shape index (κ1) is 21.4. The van der Waals surface area contributed by atoms with E-state index in [1.165, 1.54) is 0 Å². The number of hydrogen-bond acceptors (Lipinski definition) is 5. The Labute approximate surface area is 196 Å². The van der Waals surface area contributed by atoms with Crippen molar-refractivity contribution in [3.05, 3.63) is 92.6 Å². The molecule has 1 aliphatic heterocycles. The van der Waals surface area contributed by atoms with Crippen LogP contribution in [0.3, 0.4) is 0 Å². The highest BCUT2D eigenvalue weighted by molar-refractivity contribution is 6.30. The highest BCUT2D eigenvalue weighted by atomic mass is 35.5. The maximum Gasteiger partial charge on any atom is 0.255 e. The summed E-state index contributed by atoms with van der Waals surface area (Å²) in [4.78, 5) is 22.8. The molecular formula is C25H24ClN5O2. The van der Waals surface area contributed by atoms with E-state index in [4.69, 9.17) is 21.3 Å². The normalized spacial score (nSPS) is 13.7. The smallest absolute Gasteiger partial charge is 0.255 e. The number of hydrogen-bond donors (Lipinski definition) is 1. The lowest BCUT2D eigenvalue weighted by Gasteiger charge is -2.27. The quantitative estimate of drug-likeness (QED) is 0.483. The molecule has 1 N–H and O–H groups in total. The van der Waals surface area contributed by atoms with Crippen molar-refractivity contribution in [2.45, 2.75) is 26.4 Å². The molecule has 2 aromatic heterocycles. The molecule has 4 aromatic rings. The summed E-state index contributed by atoms with van der Waals surface area (Å²) in [5, 5.41) is 5.23. The van der Waals surface area contributed by atoms with E-state index in [9.17, 15) is 4.79 Å². The standard InChI is InChI=1S/C25H24ClN5O2/c1-16-18(13-27-31(16)20-7-9-21(33-2)10-8-20)14-30-12-11-23-22(15-30)25(32)29-24(28-23)17-3-5-19(26)6-4-17/h3-10,13H,11-12,14-15H2,1-2H3,(H,28,29,32). The monoisotopic (exact) mass is 461 g/mol. The van der Waals surface area contributed by atoms with E-state index < -0.39 is 0 Å². The number of halogens is 1. The summed E-state index contributed by atoms with van der Waals surface area (Å²) in [6, 6.07) is 15.2. The van der Waals surface area contributed by atoms with Gasteiger partial charge in [-0.1, -0.05) is 11.6 Å². The Kier molecular flexibility index (Phi) is 5.74. The fraction of sp³-hybridized carbons (Fsp3) is 0.240. The molecule has 0 amide bonds. The predicted octanol–water partition coefficient (Wildman–Crippen LogP) is 4.15. The Morgan fingerprint density at radius 3 is 2.61 bits per heavy atom. The first-order valence-corrected chi connectivity index (χ1v) is 11.2. The summed E-state index contributed by atoms with van der Waals surface area (Å²) < 4.78 is 7.17. The summed E-state index contributed by atoms with van der Waals surface area (Å²) in [7, 11) is 1.65. The summed E-state index contributed by atoms with van der Waals surface area (Å²) in [6.45, 7) is 4.18. The van der Waals surface area contributed by atoms with Gasteiger partial charge in [0.25, 0.3) is 5.56 Å². The minimum absolute atomic E-state index is 0.0831. The van der Waals surface area contributed by atoms with Crippen LogP contribution in [0.5, 0.6) is 5.75 Å². The molecule has 0 spiro atoms. The second-order valence-corrected chi connectivity index (χ2v) is 8.61. The molecule has 0 atom stereocenters. The Morgan fingerprint density at radius 2 is 1.88 bits per heavy atom. The van der Waals surface area contributed by atoms with Gasteiger partial charge in [-0.05, 0) is 55.5 Å². The number of aromatic nitrogens is 4. The van der Waals surface area contributed by atoms with Crippen LogP contribution in [0.15, 0.2) is 59.5 Å². The molecular weight excluding hydrogens is 438 g/mol. The van der Waals surface area contributed by atoms with Gasteiger partial charge in [-0.25, -0.2) is 9.67 Å². The van der Waals surface area contributed by atoms with Gasteiger partial charge >= 0.3 is 0 Å². The van der Waals surface area contributed by atoms with Crippen molar-refractivity contribution in [3.63, 3.8) is 0 Å². The van der Waals surface area contributed by atoms with Crippen LogP contribution in [-0.4, -0.2) is 38.3 Å². The summed E-state index contributed by atoms with van der Waals surface area (Å²) in [5.41, 5.74) is 5.57. The van der Waals surface area contributed by atoms with Gasteiger partial charge < -0.3 is 9.72 Å². The fourth-order valence-corrected chi connectivity index (χ4v) is 4.31. The first-order chi connectivity index (χ1) is 16.0. The van der Waals surface area contributed by atoms with E-state index in [0.29, 0.717) is 17.4 Å². The van der Waals surface area contributed by atoms with Crippen molar-refractivity contribution in [2.75, 3.05) is 13.7 Å². The van der Waals surface area contributed by atoms with Crippen LogP contribution < -0.4 is 10.3 Å². The van der Waals surface area contributed by atoms with Crippen LogP contribution in [0.25, 0.3) is 17.1 Å². The van der Waals surface area contributed by atoms with Crippen LogP contribution >= 0.6 is 11.6 Å². The Balaban J connectivity index is 1.34. The third-order valence-electron chi connectivity index (χ3n) is 6.09. The van der Waals surface area contributed by atoms with Gasteiger partial charge in [0.15, 0.2) is 0 Å². The van der Waals surface area contributed by atoms with Gasteiger partial charge in [-0.2, -0.15) is 5.10 Å². The van der Waals surface area contributed by atoms with Crippen LogP contribution in [-0.2, 0) is 19.5 Å². The predicted molar refractivity (Wildman–Crippen MR) is 128 cm³/mol. The van der Waals surface area contributed by atoms with Gasteiger partial charge in [0, 0.05) is 47.9 Å². The number of fused-ring (bicyclic) bond motifs is 1. The number of nitrogens with zero attached hydrogens (tertiary/aromatic N) is 4. The maximum atomic E-state index is 12.9. The molecule has 8 heteroatoms. The molecule has 0 unspecified atom stereocenters. The van der Waals surface area contributed by atoms with Crippen LogP contribution in [0, 0.1) is 6.92 Å². The molecule has 168 valence electrons. The van der Waals surface area contributed by atoms with Gasteiger partial charge in [-0.15, -0.1) is 0 Å².